The zero-order chi connectivity index (χ0) is 11.9. The van der Waals surface area contributed by atoms with Crippen molar-refractivity contribution in [3.8, 4) is 0 Å². The second kappa shape index (κ2) is 6.61. The van der Waals surface area contributed by atoms with Gasteiger partial charge in [-0.2, -0.15) is 0 Å². The fourth-order valence-electron chi connectivity index (χ4n) is 1.34. The summed E-state index contributed by atoms with van der Waals surface area (Å²) < 4.78 is 22.9. The number of carboxylic acid groups (broad SMARTS) is 1. The third kappa shape index (κ3) is 5.57. The number of carbonyl (C=O) groups is 1. The Kier molecular flexibility index (Phi) is 6.24. The standard InChI is InChI=1S/C10H18O4S/c1-3-5-6-7-9(8-10(11)12)15(13,14)4-2/h4,9H,2-3,5-8H2,1H3,(H,11,12). The molecule has 0 aliphatic heterocycles. The van der Waals surface area contributed by atoms with Crippen molar-refractivity contribution in [3.05, 3.63) is 12.0 Å². The second-order valence-electron chi connectivity index (χ2n) is 3.47. The van der Waals surface area contributed by atoms with Crippen molar-refractivity contribution in [2.24, 2.45) is 0 Å². The van der Waals surface area contributed by atoms with E-state index in [4.69, 9.17) is 5.11 Å². The number of carboxylic acids is 1. The topological polar surface area (TPSA) is 71.4 Å². The maximum atomic E-state index is 11.4. The molecule has 1 atom stereocenters. The van der Waals surface area contributed by atoms with Crippen molar-refractivity contribution in [3.63, 3.8) is 0 Å². The molecule has 0 aliphatic rings. The van der Waals surface area contributed by atoms with Crippen LogP contribution in [0.3, 0.4) is 0 Å². The van der Waals surface area contributed by atoms with Crippen molar-refractivity contribution in [1.82, 2.24) is 0 Å². The summed E-state index contributed by atoms with van der Waals surface area (Å²) >= 11 is 0. The molecule has 0 aromatic carbocycles. The SMILES string of the molecule is C=CS(=O)(=O)C(CCCCC)CC(=O)O. The minimum atomic E-state index is -3.45. The van der Waals surface area contributed by atoms with Gasteiger partial charge in [0.05, 0.1) is 11.7 Å². The first kappa shape index (κ1) is 14.2. The van der Waals surface area contributed by atoms with E-state index in [0.717, 1.165) is 24.7 Å². The average Bonchev–Trinajstić information content (AvgIpc) is 2.16. The molecule has 88 valence electrons. The highest BCUT2D eigenvalue weighted by atomic mass is 32.2. The van der Waals surface area contributed by atoms with Gasteiger partial charge >= 0.3 is 5.97 Å². The van der Waals surface area contributed by atoms with Gasteiger partial charge in [-0.15, -0.1) is 0 Å². The molecule has 4 nitrogen and oxygen atoms in total. The third-order valence-electron chi connectivity index (χ3n) is 2.23. The highest BCUT2D eigenvalue weighted by Crippen LogP contribution is 2.16. The van der Waals surface area contributed by atoms with Crippen LogP contribution in [0.25, 0.3) is 0 Å². The van der Waals surface area contributed by atoms with E-state index in [1.807, 2.05) is 6.92 Å². The van der Waals surface area contributed by atoms with Crippen LogP contribution in [0.4, 0.5) is 0 Å². The van der Waals surface area contributed by atoms with E-state index in [1.54, 1.807) is 0 Å². The molecule has 0 radical (unpaired) electrons. The van der Waals surface area contributed by atoms with Gasteiger partial charge in [-0.25, -0.2) is 8.42 Å². The number of hydrogen-bond acceptors (Lipinski definition) is 3. The van der Waals surface area contributed by atoms with Gasteiger partial charge in [-0.1, -0.05) is 32.8 Å². The lowest BCUT2D eigenvalue weighted by molar-refractivity contribution is -0.137. The second-order valence-corrected chi connectivity index (χ2v) is 5.65. The molecule has 1 N–H and O–H groups in total. The Labute approximate surface area is 90.9 Å². The first-order chi connectivity index (χ1) is 6.94. The zero-order valence-electron chi connectivity index (χ0n) is 8.98. The maximum absolute atomic E-state index is 11.4. The molecule has 0 heterocycles. The minimum absolute atomic E-state index is 0.335. The van der Waals surface area contributed by atoms with Crippen LogP contribution < -0.4 is 0 Å². The van der Waals surface area contributed by atoms with Gasteiger partial charge < -0.3 is 5.11 Å². The first-order valence-electron chi connectivity index (χ1n) is 5.02. The summed E-state index contributed by atoms with van der Waals surface area (Å²) in [6.45, 7) is 5.22. The molecule has 0 fully saturated rings. The van der Waals surface area contributed by atoms with Crippen molar-refractivity contribution in [1.29, 1.82) is 0 Å². The quantitative estimate of drug-likeness (QED) is 0.652. The predicted molar refractivity (Wildman–Crippen MR) is 59.3 cm³/mol. The predicted octanol–water partition coefficient (Wildman–Crippen LogP) is 1.97. The van der Waals surface area contributed by atoms with Crippen LogP contribution in [0.15, 0.2) is 12.0 Å². The number of rotatable bonds is 8. The number of aliphatic carboxylic acids is 1. The van der Waals surface area contributed by atoms with Gasteiger partial charge in [-0.05, 0) is 6.42 Å². The lowest BCUT2D eigenvalue weighted by Gasteiger charge is -2.12. The van der Waals surface area contributed by atoms with E-state index >= 15 is 0 Å². The van der Waals surface area contributed by atoms with Gasteiger partial charge in [0.15, 0.2) is 9.84 Å². The summed E-state index contributed by atoms with van der Waals surface area (Å²) in [7, 11) is -3.45. The van der Waals surface area contributed by atoms with Crippen LogP contribution >= 0.6 is 0 Å². The highest BCUT2D eigenvalue weighted by molar-refractivity contribution is 7.94. The molecule has 0 saturated heterocycles. The lowest BCUT2D eigenvalue weighted by atomic mass is 10.1. The summed E-state index contributed by atoms with van der Waals surface area (Å²) in [5.74, 6) is -1.08. The van der Waals surface area contributed by atoms with Crippen molar-refractivity contribution >= 4 is 15.8 Å². The molecule has 0 aromatic heterocycles. The highest BCUT2D eigenvalue weighted by Gasteiger charge is 2.24. The summed E-state index contributed by atoms with van der Waals surface area (Å²) in [6, 6.07) is 0. The Morgan fingerprint density at radius 3 is 2.47 bits per heavy atom. The summed E-state index contributed by atoms with van der Waals surface area (Å²) in [5, 5.41) is 8.63. The molecular weight excluding hydrogens is 216 g/mol. The van der Waals surface area contributed by atoms with E-state index in [-0.39, 0.29) is 6.42 Å². The smallest absolute Gasteiger partial charge is 0.304 e. The molecule has 5 heteroatoms. The van der Waals surface area contributed by atoms with E-state index < -0.39 is 21.1 Å². The summed E-state index contributed by atoms with van der Waals surface area (Å²) in [5.41, 5.74) is 0. The summed E-state index contributed by atoms with van der Waals surface area (Å²) in [6.07, 6.45) is 2.70. The number of hydrogen-bond donors (Lipinski definition) is 1. The Hall–Kier alpha value is -0.840. The molecule has 0 rings (SSSR count). The van der Waals surface area contributed by atoms with Gasteiger partial charge in [0, 0.05) is 5.41 Å². The average molecular weight is 234 g/mol. The molecule has 0 aromatic rings. The molecule has 0 bridgehead atoms. The lowest BCUT2D eigenvalue weighted by Crippen LogP contribution is -2.22. The van der Waals surface area contributed by atoms with Crippen LogP contribution in [0, 0.1) is 0 Å². The number of sulfone groups is 1. The summed E-state index contributed by atoms with van der Waals surface area (Å²) in [4.78, 5) is 10.5. The van der Waals surface area contributed by atoms with Crippen LogP contribution in [0.5, 0.6) is 0 Å². The minimum Gasteiger partial charge on any atom is -0.481 e. The largest absolute Gasteiger partial charge is 0.481 e. The Balaban J connectivity index is 4.45. The molecule has 1 unspecified atom stereocenters. The van der Waals surface area contributed by atoms with Crippen molar-refractivity contribution in [2.75, 3.05) is 0 Å². The zero-order valence-corrected chi connectivity index (χ0v) is 9.79. The van der Waals surface area contributed by atoms with E-state index in [0.29, 0.717) is 6.42 Å². The first-order valence-corrected chi connectivity index (χ1v) is 6.63. The molecule has 0 spiro atoms. The Morgan fingerprint density at radius 1 is 1.47 bits per heavy atom. The van der Waals surface area contributed by atoms with E-state index in [2.05, 4.69) is 6.58 Å². The maximum Gasteiger partial charge on any atom is 0.304 e. The van der Waals surface area contributed by atoms with Crippen molar-refractivity contribution < 1.29 is 18.3 Å². The van der Waals surface area contributed by atoms with Crippen molar-refractivity contribution in [2.45, 2.75) is 44.3 Å². The van der Waals surface area contributed by atoms with Crippen LogP contribution in [-0.4, -0.2) is 24.7 Å². The monoisotopic (exact) mass is 234 g/mol. The molecule has 0 aliphatic carbocycles. The number of unbranched alkanes of at least 4 members (excludes halogenated alkanes) is 2. The van der Waals surface area contributed by atoms with Gasteiger partial charge in [0.25, 0.3) is 0 Å². The van der Waals surface area contributed by atoms with Crippen LogP contribution in [0.1, 0.15) is 39.0 Å². The van der Waals surface area contributed by atoms with Gasteiger partial charge in [-0.3, -0.25) is 4.79 Å². The van der Waals surface area contributed by atoms with E-state index in [9.17, 15) is 13.2 Å². The fourth-order valence-corrected chi connectivity index (χ4v) is 2.48. The Morgan fingerprint density at radius 2 is 2.07 bits per heavy atom. The van der Waals surface area contributed by atoms with Crippen LogP contribution in [-0.2, 0) is 14.6 Å². The van der Waals surface area contributed by atoms with Gasteiger partial charge in [0.2, 0.25) is 0 Å². The Bertz CT molecular complexity index is 305. The normalized spacial score (nSPS) is 13.4. The molecule has 0 saturated carbocycles. The van der Waals surface area contributed by atoms with Crippen LogP contribution in [0.2, 0.25) is 0 Å². The molecular formula is C10H18O4S. The molecule has 0 amide bonds. The fraction of sp³-hybridized carbons (Fsp3) is 0.700. The van der Waals surface area contributed by atoms with E-state index in [1.165, 1.54) is 0 Å². The van der Waals surface area contributed by atoms with Gasteiger partial charge in [0.1, 0.15) is 0 Å². The third-order valence-corrected chi connectivity index (χ3v) is 4.03. The molecule has 15 heavy (non-hydrogen) atoms.